The van der Waals surface area contributed by atoms with Crippen LogP contribution in [-0.4, -0.2) is 15.7 Å². The molecule has 0 aliphatic rings. The van der Waals surface area contributed by atoms with Crippen LogP contribution in [0.4, 0.5) is 0 Å². The van der Waals surface area contributed by atoms with E-state index < -0.39 is 0 Å². The van der Waals surface area contributed by atoms with Crippen molar-refractivity contribution in [1.29, 1.82) is 0 Å². The molecule has 0 spiro atoms. The second-order valence-corrected chi connectivity index (χ2v) is 5.62. The molecule has 0 aliphatic carbocycles. The molecule has 0 amide bonds. The van der Waals surface area contributed by atoms with Crippen molar-refractivity contribution in [3.8, 4) is 5.75 Å². The van der Waals surface area contributed by atoms with Gasteiger partial charge in [0.05, 0.1) is 23.2 Å². The van der Waals surface area contributed by atoms with Gasteiger partial charge in [-0.05, 0) is 39.8 Å². The van der Waals surface area contributed by atoms with E-state index in [9.17, 15) is 0 Å². The van der Waals surface area contributed by atoms with Crippen molar-refractivity contribution in [3.05, 3.63) is 36.2 Å². The van der Waals surface area contributed by atoms with Gasteiger partial charge >= 0.3 is 0 Å². The normalized spacial score (nSPS) is 12.9. The highest BCUT2D eigenvalue weighted by molar-refractivity contribution is 5.78. The highest BCUT2D eigenvalue weighted by Crippen LogP contribution is 2.25. The number of benzene rings is 1. The summed E-state index contributed by atoms with van der Waals surface area (Å²) in [6.45, 7) is 12.7. The number of allylic oxidation sites excluding steroid dienone is 1. The Labute approximate surface area is 120 Å². The molecule has 2 rings (SSSR count). The predicted octanol–water partition coefficient (Wildman–Crippen LogP) is 3.42. The fraction of sp³-hybridized carbons (Fsp3) is 0.438. The summed E-state index contributed by atoms with van der Waals surface area (Å²) in [7, 11) is 0. The molecule has 20 heavy (non-hydrogen) atoms. The molecule has 0 saturated carbocycles. The highest BCUT2D eigenvalue weighted by atomic mass is 16.5. The number of imidazole rings is 1. The molecule has 4 heteroatoms. The van der Waals surface area contributed by atoms with E-state index >= 15 is 0 Å². The Kier molecular flexibility index (Phi) is 4.14. The lowest BCUT2D eigenvalue weighted by molar-refractivity contribution is 0.242. The minimum atomic E-state index is -0.115. The number of nitrogens with two attached hydrogens (primary N) is 1. The molecule has 0 bridgehead atoms. The van der Waals surface area contributed by atoms with Gasteiger partial charge in [-0.2, -0.15) is 0 Å². The minimum Gasteiger partial charge on any atom is -0.491 e. The molecule has 0 radical (unpaired) electrons. The largest absolute Gasteiger partial charge is 0.491 e. The van der Waals surface area contributed by atoms with Crippen molar-refractivity contribution in [1.82, 2.24) is 9.55 Å². The zero-order chi connectivity index (χ0) is 14.9. The van der Waals surface area contributed by atoms with Gasteiger partial charge in [0.15, 0.2) is 0 Å². The van der Waals surface area contributed by atoms with Crippen molar-refractivity contribution in [2.45, 2.75) is 46.4 Å². The third-order valence-electron chi connectivity index (χ3n) is 2.96. The number of fused-ring (bicyclic) bond motifs is 1. The van der Waals surface area contributed by atoms with E-state index in [1.807, 2.05) is 45.9 Å². The van der Waals surface area contributed by atoms with Crippen LogP contribution in [0.25, 0.3) is 11.0 Å². The maximum absolute atomic E-state index is 6.03. The molecular weight excluding hydrogens is 250 g/mol. The number of hydrogen-bond donors (Lipinski definition) is 1. The molecule has 1 heterocycles. The van der Waals surface area contributed by atoms with Gasteiger partial charge in [0.2, 0.25) is 0 Å². The molecule has 2 aromatic rings. The third-order valence-corrected chi connectivity index (χ3v) is 2.96. The molecular formula is C16H23N3O. The quantitative estimate of drug-likeness (QED) is 0.849. The topological polar surface area (TPSA) is 53.1 Å². The molecule has 1 aromatic heterocycles. The number of aromatic nitrogens is 2. The predicted molar refractivity (Wildman–Crippen MR) is 82.9 cm³/mol. The number of hydrogen-bond acceptors (Lipinski definition) is 3. The Bertz CT molecular complexity index is 626. The van der Waals surface area contributed by atoms with E-state index in [-0.39, 0.29) is 12.1 Å². The van der Waals surface area contributed by atoms with Gasteiger partial charge in [0, 0.05) is 12.6 Å². The molecule has 2 N–H and O–H groups in total. The van der Waals surface area contributed by atoms with Crippen LogP contribution in [0.5, 0.6) is 5.75 Å². The van der Waals surface area contributed by atoms with Gasteiger partial charge in [-0.25, -0.2) is 4.98 Å². The van der Waals surface area contributed by atoms with Crippen LogP contribution in [0.15, 0.2) is 30.4 Å². The van der Waals surface area contributed by atoms with E-state index in [2.05, 4.69) is 16.1 Å². The Morgan fingerprint density at radius 1 is 1.40 bits per heavy atom. The van der Waals surface area contributed by atoms with Crippen molar-refractivity contribution in [2.75, 3.05) is 0 Å². The molecule has 1 aromatic carbocycles. The van der Waals surface area contributed by atoms with Crippen molar-refractivity contribution < 1.29 is 4.74 Å². The van der Waals surface area contributed by atoms with Crippen LogP contribution in [0.1, 0.15) is 39.6 Å². The Morgan fingerprint density at radius 2 is 2.10 bits per heavy atom. The first-order chi connectivity index (χ1) is 9.38. The van der Waals surface area contributed by atoms with Gasteiger partial charge in [-0.1, -0.05) is 12.2 Å². The van der Waals surface area contributed by atoms with Crippen LogP contribution in [-0.2, 0) is 6.54 Å². The van der Waals surface area contributed by atoms with E-state index in [1.165, 1.54) is 0 Å². The zero-order valence-corrected chi connectivity index (χ0v) is 12.7. The van der Waals surface area contributed by atoms with Crippen molar-refractivity contribution >= 4 is 11.0 Å². The summed E-state index contributed by atoms with van der Waals surface area (Å²) < 4.78 is 7.84. The summed E-state index contributed by atoms with van der Waals surface area (Å²) in [6, 6.07) is 5.87. The van der Waals surface area contributed by atoms with Crippen molar-refractivity contribution in [2.24, 2.45) is 5.73 Å². The second-order valence-electron chi connectivity index (χ2n) is 5.62. The summed E-state index contributed by atoms with van der Waals surface area (Å²) in [6.07, 6.45) is 0.151. The summed E-state index contributed by atoms with van der Waals surface area (Å²) >= 11 is 0. The lowest BCUT2D eigenvalue weighted by Crippen LogP contribution is -2.14. The van der Waals surface area contributed by atoms with E-state index in [0.717, 1.165) is 34.7 Å². The maximum Gasteiger partial charge on any atom is 0.126 e. The molecule has 0 saturated heterocycles. The standard InChI is InChI=1S/C16H23N3O/c1-10(2)9-19-15-7-6-13(20-11(3)4)8-14(15)18-16(19)12(5)17/h6-8,11-12H,1,9,17H2,2-5H3. The fourth-order valence-corrected chi connectivity index (χ4v) is 2.26. The van der Waals surface area contributed by atoms with E-state index in [1.54, 1.807) is 0 Å². The van der Waals surface area contributed by atoms with Crippen LogP contribution < -0.4 is 10.5 Å². The minimum absolute atomic E-state index is 0.115. The van der Waals surface area contributed by atoms with Crippen LogP contribution >= 0.6 is 0 Å². The second kappa shape index (κ2) is 5.67. The van der Waals surface area contributed by atoms with Crippen molar-refractivity contribution in [3.63, 3.8) is 0 Å². The highest BCUT2D eigenvalue weighted by Gasteiger charge is 2.14. The lowest BCUT2D eigenvalue weighted by Gasteiger charge is -2.12. The summed E-state index contributed by atoms with van der Waals surface area (Å²) in [5, 5.41) is 0. The van der Waals surface area contributed by atoms with Crippen LogP contribution in [0.3, 0.4) is 0 Å². The summed E-state index contributed by atoms with van der Waals surface area (Å²) in [5.74, 6) is 1.72. The Balaban J connectivity index is 2.52. The molecule has 1 unspecified atom stereocenters. The number of ether oxygens (including phenoxy) is 1. The van der Waals surface area contributed by atoms with Gasteiger partial charge in [0.25, 0.3) is 0 Å². The summed E-state index contributed by atoms with van der Waals surface area (Å²) in [5.41, 5.74) is 9.09. The number of rotatable bonds is 5. The van der Waals surface area contributed by atoms with Crippen LogP contribution in [0, 0.1) is 0 Å². The van der Waals surface area contributed by atoms with Gasteiger partial charge in [0.1, 0.15) is 11.6 Å². The molecule has 0 fully saturated rings. The maximum atomic E-state index is 6.03. The molecule has 108 valence electrons. The number of nitrogens with zero attached hydrogens (tertiary/aromatic N) is 2. The van der Waals surface area contributed by atoms with Gasteiger partial charge < -0.3 is 15.0 Å². The first-order valence-electron chi connectivity index (χ1n) is 6.95. The molecule has 0 aliphatic heterocycles. The average molecular weight is 273 g/mol. The smallest absolute Gasteiger partial charge is 0.126 e. The third kappa shape index (κ3) is 3.02. The Morgan fingerprint density at radius 3 is 2.65 bits per heavy atom. The molecule has 1 atom stereocenters. The Hall–Kier alpha value is -1.81. The monoisotopic (exact) mass is 273 g/mol. The first kappa shape index (κ1) is 14.6. The SMILES string of the molecule is C=C(C)Cn1c(C(C)N)nc2cc(OC(C)C)ccc21. The molecule has 4 nitrogen and oxygen atoms in total. The van der Waals surface area contributed by atoms with E-state index in [4.69, 9.17) is 10.5 Å². The van der Waals surface area contributed by atoms with Gasteiger partial charge in [-0.15, -0.1) is 0 Å². The lowest BCUT2D eigenvalue weighted by atomic mass is 10.2. The van der Waals surface area contributed by atoms with E-state index in [0.29, 0.717) is 0 Å². The first-order valence-corrected chi connectivity index (χ1v) is 6.95. The average Bonchev–Trinajstić information content (AvgIpc) is 2.66. The summed E-state index contributed by atoms with van der Waals surface area (Å²) in [4.78, 5) is 4.65. The zero-order valence-electron chi connectivity index (χ0n) is 12.7. The van der Waals surface area contributed by atoms with Gasteiger partial charge in [-0.3, -0.25) is 0 Å². The fourth-order valence-electron chi connectivity index (χ4n) is 2.26. The van der Waals surface area contributed by atoms with Crippen LogP contribution in [0.2, 0.25) is 0 Å².